The number of benzene rings is 1. The van der Waals surface area contributed by atoms with Gasteiger partial charge < -0.3 is 14.3 Å². The molecule has 1 atom stereocenters. The van der Waals surface area contributed by atoms with E-state index >= 15 is 0 Å². The van der Waals surface area contributed by atoms with Crippen LogP contribution >= 0.6 is 0 Å². The Hall–Kier alpha value is -2.14. The lowest BCUT2D eigenvalue weighted by Crippen LogP contribution is -2.12. The van der Waals surface area contributed by atoms with E-state index in [0.29, 0.717) is 17.5 Å². The highest BCUT2D eigenvalue weighted by Gasteiger charge is 2.23. The summed E-state index contributed by atoms with van der Waals surface area (Å²) in [6, 6.07) is 9.98. The van der Waals surface area contributed by atoms with Gasteiger partial charge in [0.15, 0.2) is 5.76 Å². The topological polar surface area (TPSA) is 64.1 Å². The summed E-state index contributed by atoms with van der Waals surface area (Å²) in [5.74, 6) is 1.81. The third-order valence-electron chi connectivity index (χ3n) is 3.45. The molecule has 0 spiro atoms. The molecule has 5 heteroatoms. The molecule has 96 valence electrons. The first-order valence-electron chi connectivity index (χ1n) is 6.46. The second kappa shape index (κ2) is 4.20. The number of aromatic nitrogens is 2. The molecule has 1 unspecified atom stereocenters. The van der Waals surface area contributed by atoms with E-state index in [1.54, 1.807) is 0 Å². The smallest absolute Gasteiger partial charge is 0.244 e. The maximum Gasteiger partial charge on any atom is 0.244 e. The van der Waals surface area contributed by atoms with Gasteiger partial charge in [-0.3, -0.25) is 0 Å². The number of furan rings is 1. The molecular formula is C14H13N3O2. The Morgan fingerprint density at radius 1 is 1.26 bits per heavy atom. The quantitative estimate of drug-likeness (QED) is 0.762. The standard InChI is InChI=1S/C14H13N3O2/c1-2-6-11-9(4-1)8-12(18-11)13-16-14(19-17-13)10-5-3-7-15-10/h1-2,4,6,8,10,15H,3,5,7H2. The lowest BCUT2D eigenvalue weighted by molar-refractivity contribution is 0.344. The van der Waals surface area contributed by atoms with Gasteiger partial charge >= 0.3 is 0 Å². The monoisotopic (exact) mass is 255 g/mol. The molecule has 1 N–H and O–H groups in total. The molecule has 1 aromatic carbocycles. The van der Waals surface area contributed by atoms with Crippen molar-refractivity contribution < 1.29 is 8.94 Å². The zero-order valence-corrected chi connectivity index (χ0v) is 10.3. The summed E-state index contributed by atoms with van der Waals surface area (Å²) in [6.07, 6.45) is 2.19. The van der Waals surface area contributed by atoms with Crippen LogP contribution in [0.15, 0.2) is 39.3 Å². The van der Waals surface area contributed by atoms with E-state index in [9.17, 15) is 0 Å². The van der Waals surface area contributed by atoms with Crippen molar-refractivity contribution in [3.05, 3.63) is 36.2 Å². The van der Waals surface area contributed by atoms with Gasteiger partial charge in [0.05, 0.1) is 6.04 Å². The van der Waals surface area contributed by atoms with Gasteiger partial charge in [0.25, 0.3) is 0 Å². The van der Waals surface area contributed by atoms with Crippen LogP contribution in [0.2, 0.25) is 0 Å². The zero-order valence-electron chi connectivity index (χ0n) is 10.3. The van der Waals surface area contributed by atoms with Crippen molar-refractivity contribution in [2.24, 2.45) is 0 Å². The molecule has 1 fully saturated rings. The Kier molecular flexibility index (Phi) is 2.38. The normalized spacial score (nSPS) is 19.3. The van der Waals surface area contributed by atoms with Crippen LogP contribution in [0.3, 0.4) is 0 Å². The fraction of sp³-hybridized carbons (Fsp3) is 0.286. The SMILES string of the molecule is c1ccc2oc(-c3noc(C4CCCN4)n3)cc2c1. The molecule has 1 saturated heterocycles. The van der Waals surface area contributed by atoms with E-state index in [1.807, 2.05) is 30.3 Å². The van der Waals surface area contributed by atoms with E-state index in [0.717, 1.165) is 30.4 Å². The number of nitrogens with zero attached hydrogens (tertiary/aromatic N) is 2. The summed E-state index contributed by atoms with van der Waals surface area (Å²) >= 11 is 0. The Balaban J connectivity index is 1.71. The van der Waals surface area contributed by atoms with Gasteiger partial charge in [0, 0.05) is 5.39 Å². The van der Waals surface area contributed by atoms with Crippen molar-refractivity contribution >= 4 is 11.0 Å². The maximum atomic E-state index is 5.72. The minimum atomic E-state index is 0.186. The minimum absolute atomic E-state index is 0.186. The molecule has 19 heavy (non-hydrogen) atoms. The third-order valence-corrected chi connectivity index (χ3v) is 3.45. The second-order valence-corrected chi connectivity index (χ2v) is 4.75. The Labute approximate surface area is 109 Å². The van der Waals surface area contributed by atoms with E-state index in [2.05, 4.69) is 15.5 Å². The van der Waals surface area contributed by atoms with E-state index in [-0.39, 0.29) is 6.04 Å². The molecule has 3 aromatic rings. The molecule has 4 rings (SSSR count). The highest BCUT2D eigenvalue weighted by atomic mass is 16.5. The van der Waals surface area contributed by atoms with Crippen LogP contribution in [0.5, 0.6) is 0 Å². The van der Waals surface area contributed by atoms with Crippen molar-refractivity contribution in [1.82, 2.24) is 15.5 Å². The molecule has 0 bridgehead atoms. The zero-order chi connectivity index (χ0) is 12.7. The van der Waals surface area contributed by atoms with Gasteiger partial charge in [0.1, 0.15) is 5.58 Å². The molecule has 3 heterocycles. The van der Waals surface area contributed by atoms with Crippen LogP contribution in [0.1, 0.15) is 24.8 Å². The summed E-state index contributed by atoms with van der Waals surface area (Å²) < 4.78 is 11.0. The lowest BCUT2D eigenvalue weighted by Gasteiger charge is -2.00. The predicted octanol–water partition coefficient (Wildman–Crippen LogP) is 2.91. The average Bonchev–Trinajstić information content (AvgIpc) is 3.17. The first-order valence-corrected chi connectivity index (χ1v) is 6.46. The Bertz CT molecular complexity index is 677. The summed E-state index contributed by atoms with van der Waals surface area (Å²) in [4.78, 5) is 4.42. The number of fused-ring (bicyclic) bond motifs is 1. The molecule has 0 amide bonds. The number of nitrogens with one attached hydrogen (secondary N) is 1. The van der Waals surface area contributed by atoms with Crippen molar-refractivity contribution in [3.63, 3.8) is 0 Å². The van der Waals surface area contributed by atoms with Crippen molar-refractivity contribution in [1.29, 1.82) is 0 Å². The van der Waals surface area contributed by atoms with Crippen molar-refractivity contribution in [2.75, 3.05) is 6.54 Å². The fourth-order valence-corrected chi connectivity index (χ4v) is 2.46. The van der Waals surface area contributed by atoms with Gasteiger partial charge in [0.2, 0.25) is 11.7 Å². The molecule has 0 aliphatic carbocycles. The van der Waals surface area contributed by atoms with Gasteiger partial charge in [-0.25, -0.2) is 0 Å². The molecule has 0 saturated carbocycles. The molecule has 0 radical (unpaired) electrons. The van der Waals surface area contributed by atoms with Crippen LogP contribution in [-0.4, -0.2) is 16.7 Å². The van der Waals surface area contributed by atoms with Crippen LogP contribution in [-0.2, 0) is 0 Å². The van der Waals surface area contributed by atoms with E-state index in [1.165, 1.54) is 0 Å². The van der Waals surface area contributed by atoms with Crippen LogP contribution in [0.4, 0.5) is 0 Å². The highest BCUT2D eigenvalue weighted by Crippen LogP contribution is 2.28. The summed E-state index contributed by atoms with van der Waals surface area (Å²) in [7, 11) is 0. The summed E-state index contributed by atoms with van der Waals surface area (Å²) in [5.41, 5.74) is 0.836. The first kappa shape index (κ1) is 10.8. The van der Waals surface area contributed by atoms with Crippen LogP contribution < -0.4 is 5.32 Å². The lowest BCUT2D eigenvalue weighted by atomic mass is 10.2. The summed E-state index contributed by atoms with van der Waals surface area (Å²) in [5, 5.41) is 8.39. The third kappa shape index (κ3) is 1.82. The van der Waals surface area contributed by atoms with Gasteiger partial charge in [-0.15, -0.1) is 0 Å². The predicted molar refractivity (Wildman–Crippen MR) is 69.5 cm³/mol. The molecule has 2 aromatic heterocycles. The minimum Gasteiger partial charge on any atom is -0.453 e. The molecular weight excluding hydrogens is 242 g/mol. The van der Waals surface area contributed by atoms with Crippen molar-refractivity contribution in [2.45, 2.75) is 18.9 Å². The Morgan fingerprint density at radius 3 is 3.05 bits per heavy atom. The van der Waals surface area contributed by atoms with Gasteiger partial charge in [-0.1, -0.05) is 23.4 Å². The highest BCUT2D eigenvalue weighted by molar-refractivity contribution is 5.81. The van der Waals surface area contributed by atoms with Crippen LogP contribution in [0, 0.1) is 0 Å². The van der Waals surface area contributed by atoms with Crippen LogP contribution in [0.25, 0.3) is 22.6 Å². The maximum absolute atomic E-state index is 5.72. The van der Waals surface area contributed by atoms with E-state index in [4.69, 9.17) is 8.94 Å². The number of hydrogen-bond donors (Lipinski definition) is 1. The van der Waals surface area contributed by atoms with Gasteiger partial charge in [-0.2, -0.15) is 4.98 Å². The number of para-hydroxylation sites is 1. The Morgan fingerprint density at radius 2 is 2.21 bits per heavy atom. The summed E-state index contributed by atoms with van der Waals surface area (Å²) in [6.45, 7) is 1.01. The molecule has 1 aliphatic rings. The molecule has 5 nitrogen and oxygen atoms in total. The average molecular weight is 255 g/mol. The number of rotatable bonds is 2. The second-order valence-electron chi connectivity index (χ2n) is 4.75. The fourth-order valence-electron chi connectivity index (χ4n) is 2.46. The van der Waals surface area contributed by atoms with Crippen molar-refractivity contribution in [3.8, 4) is 11.6 Å². The number of hydrogen-bond acceptors (Lipinski definition) is 5. The molecule has 1 aliphatic heterocycles. The largest absolute Gasteiger partial charge is 0.453 e. The first-order chi connectivity index (χ1) is 9.40. The van der Waals surface area contributed by atoms with Gasteiger partial charge in [-0.05, 0) is 31.5 Å². The van der Waals surface area contributed by atoms with E-state index < -0.39 is 0 Å².